The molecule has 0 aromatic heterocycles. The molecule has 1 heteroatoms. The summed E-state index contributed by atoms with van der Waals surface area (Å²) in [5.74, 6) is 3.29. The lowest BCUT2D eigenvalue weighted by Gasteiger charge is -2.48. The Morgan fingerprint density at radius 1 is 1.14 bits per heavy atom. The Balaban J connectivity index is 1.69. The molecule has 1 aromatic rings. The number of Topliss-reactive ketones (excluding diaryl/α,β-unsaturated/α-hetero) is 1. The summed E-state index contributed by atoms with van der Waals surface area (Å²) in [6.45, 7) is 6.83. The summed E-state index contributed by atoms with van der Waals surface area (Å²) in [6, 6.07) is 7.23. The average Bonchev–Trinajstić information content (AvgIpc) is 2.82. The normalized spacial score (nSPS) is 36.9. The van der Waals surface area contributed by atoms with E-state index in [-0.39, 0.29) is 5.41 Å². The summed E-state index contributed by atoms with van der Waals surface area (Å²) >= 11 is 0. The summed E-state index contributed by atoms with van der Waals surface area (Å²) < 4.78 is 0. The van der Waals surface area contributed by atoms with Crippen LogP contribution in [0.5, 0.6) is 0 Å². The minimum Gasteiger partial charge on any atom is -0.299 e. The zero-order valence-electron chi connectivity index (χ0n) is 14.2. The molecule has 0 aliphatic heterocycles. The second-order valence-electron chi connectivity index (χ2n) is 8.45. The van der Waals surface area contributed by atoms with Gasteiger partial charge in [-0.2, -0.15) is 0 Å². The number of fused-ring (bicyclic) bond motifs is 5. The van der Waals surface area contributed by atoms with Crippen LogP contribution in [0.15, 0.2) is 18.2 Å². The summed E-state index contributed by atoms with van der Waals surface area (Å²) in [4.78, 5) is 12.4. The summed E-state index contributed by atoms with van der Waals surface area (Å²) in [5, 5.41) is 0. The van der Waals surface area contributed by atoms with Crippen molar-refractivity contribution in [2.45, 2.75) is 71.1 Å². The van der Waals surface area contributed by atoms with Crippen molar-refractivity contribution in [1.82, 2.24) is 0 Å². The van der Waals surface area contributed by atoms with Crippen LogP contribution in [-0.4, -0.2) is 5.78 Å². The van der Waals surface area contributed by atoms with E-state index in [4.69, 9.17) is 0 Å². The highest BCUT2D eigenvalue weighted by Gasteiger charge is 2.54. The van der Waals surface area contributed by atoms with Crippen molar-refractivity contribution in [1.29, 1.82) is 0 Å². The van der Waals surface area contributed by atoms with E-state index in [2.05, 4.69) is 39.0 Å². The molecular formula is C21H28O. The van der Waals surface area contributed by atoms with Gasteiger partial charge in [0.25, 0.3) is 0 Å². The third-order valence-corrected chi connectivity index (χ3v) is 7.13. The second-order valence-corrected chi connectivity index (χ2v) is 8.45. The quantitative estimate of drug-likeness (QED) is 0.693. The molecule has 2 fully saturated rings. The maximum atomic E-state index is 12.4. The van der Waals surface area contributed by atoms with Gasteiger partial charge in [0.05, 0.1) is 0 Å². The molecule has 4 rings (SSSR count). The van der Waals surface area contributed by atoms with Gasteiger partial charge in [0.2, 0.25) is 0 Å². The van der Waals surface area contributed by atoms with Crippen LogP contribution in [0.1, 0.15) is 81.4 Å². The van der Waals surface area contributed by atoms with Gasteiger partial charge in [-0.25, -0.2) is 0 Å². The first-order valence-electron chi connectivity index (χ1n) is 9.16. The molecule has 3 aliphatic carbocycles. The van der Waals surface area contributed by atoms with E-state index in [1.54, 1.807) is 11.1 Å². The number of benzene rings is 1. The lowest BCUT2D eigenvalue weighted by molar-refractivity contribution is -0.129. The maximum absolute atomic E-state index is 12.4. The standard InChI is InChI=1S/C21H28O/c1-13(2)14-4-6-16-15(12-14)5-7-18-17(16)10-11-21(3)19(18)8-9-20(21)22/h4,6,12-13,17-19H,5,7-11H2,1-3H3/t17?,18?,19?,21-/m0/s1. The van der Waals surface area contributed by atoms with E-state index in [1.807, 2.05) is 0 Å². The molecular weight excluding hydrogens is 268 g/mol. The fourth-order valence-electron chi connectivity index (χ4n) is 5.73. The van der Waals surface area contributed by atoms with Crippen LogP contribution < -0.4 is 0 Å². The molecule has 22 heavy (non-hydrogen) atoms. The monoisotopic (exact) mass is 296 g/mol. The predicted molar refractivity (Wildman–Crippen MR) is 90.2 cm³/mol. The van der Waals surface area contributed by atoms with Gasteiger partial charge in [0.1, 0.15) is 5.78 Å². The first-order chi connectivity index (χ1) is 10.5. The Labute approximate surface area is 134 Å². The van der Waals surface area contributed by atoms with Gasteiger partial charge in [-0.1, -0.05) is 39.0 Å². The summed E-state index contributed by atoms with van der Waals surface area (Å²) in [7, 11) is 0. The Bertz CT molecular complexity index is 614. The molecule has 3 aliphatic rings. The number of hydrogen-bond donors (Lipinski definition) is 0. The second kappa shape index (κ2) is 4.94. The first kappa shape index (κ1) is 14.5. The van der Waals surface area contributed by atoms with Crippen molar-refractivity contribution in [3.05, 3.63) is 34.9 Å². The number of hydrogen-bond acceptors (Lipinski definition) is 1. The number of ketones is 1. The van der Waals surface area contributed by atoms with Gasteiger partial charge < -0.3 is 0 Å². The van der Waals surface area contributed by atoms with E-state index in [0.29, 0.717) is 23.5 Å². The van der Waals surface area contributed by atoms with Gasteiger partial charge in [0, 0.05) is 11.8 Å². The fourth-order valence-corrected chi connectivity index (χ4v) is 5.73. The zero-order chi connectivity index (χ0) is 15.5. The number of aryl methyl sites for hydroxylation is 1. The van der Waals surface area contributed by atoms with Crippen molar-refractivity contribution in [3.63, 3.8) is 0 Å². The zero-order valence-corrected chi connectivity index (χ0v) is 14.2. The number of carbonyl (C=O) groups excluding carboxylic acids is 1. The Morgan fingerprint density at radius 2 is 1.95 bits per heavy atom. The molecule has 118 valence electrons. The van der Waals surface area contributed by atoms with E-state index in [1.165, 1.54) is 24.8 Å². The van der Waals surface area contributed by atoms with Crippen LogP contribution in [0, 0.1) is 17.3 Å². The Hall–Kier alpha value is -1.11. The van der Waals surface area contributed by atoms with Gasteiger partial charge in [-0.15, -0.1) is 0 Å². The van der Waals surface area contributed by atoms with Crippen molar-refractivity contribution < 1.29 is 4.79 Å². The number of rotatable bonds is 1. The minimum atomic E-state index is 0.0105. The van der Waals surface area contributed by atoms with Crippen LogP contribution in [0.3, 0.4) is 0 Å². The molecule has 0 spiro atoms. The van der Waals surface area contributed by atoms with E-state index < -0.39 is 0 Å². The highest BCUT2D eigenvalue weighted by atomic mass is 16.1. The number of carbonyl (C=O) groups is 1. The molecule has 0 saturated heterocycles. The van der Waals surface area contributed by atoms with Crippen molar-refractivity contribution in [2.75, 3.05) is 0 Å². The summed E-state index contributed by atoms with van der Waals surface area (Å²) in [6.07, 6.45) is 6.84. The van der Waals surface area contributed by atoms with E-state index in [9.17, 15) is 4.79 Å². The largest absolute Gasteiger partial charge is 0.299 e. The first-order valence-corrected chi connectivity index (χ1v) is 9.16. The Kier molecular flexibility index (Phi) is 3.25. The van der Waals surface area contributed by atoms with Gasteiger partial charge >= 0.3 is 0 Å². The smallest absolute Gasteiger partial charge is 0.139 e. The molecule has 0 N–H and O–H groups in total. The van der Waals surface area contributed by atoms with Crippen LogP contribution in [0.25, 0.3) is 0 Å². The van der Waals surface area contributed by atoms with E-state index >= 15 is 0 Å². The molecule has 4 atom stereocenters. The van der Waals surface area contributed by atoms with Crippen molar-refractivity contribution in [3.8, 4) is 0 Å². The molecule has 0 heterocycles. The maximum Gasteiger partial charge on any atom is 0.139 e. The molecule has 0 amide bonds. The predicted octanol–water partition coefficient (Wildman–Crippen LogP) is 5.24. The van der Waals surface area contributed by atoms with Crippen LogP contribution in [-0.2, 0) is 11.2 Å². The van der Waals surface area contributed by atoms with Crippen LogP contribution >= 0.6 is 0 Å². The van der Waals surface area contributed by atoms with Crippen molar-refractivity contribution in [2.24, 2.45) is 17.3 Å². The van der Waals surface area contributed by atoms with Crippen LogP contribution in [0.2, 0.25) is 0 Å². The molecule has 0 bridgehead atoms. The third kappa shape index (κ3) is 1.94. The molecule has 3 unspecified atom stereocenters. The molecule has 1 nitrogen and oxygen atoms in total. The van der Waals surface area contributed by atoms with Gasteiger partial charge in [-0.3, -0.25) is 4.79 Å². The highest BCUT2D eigenvalue weighted by Crippen LogP contribution is 2.59. The van der Waals surface area contributed by atoms with Gasteiger partial charge in [-0.05, 0) is 72.5 Å². The fraction of sp³-hybridized carbons (Fsp3) is 0.667. The SMILES string of the molecule is CC(C)c1ccc2c(c1)CCC1C2CC[C@]2(C)C(=O)CCC12. The Morgan fingerprint density at radius 3 is 2.73 bits per heavy atom. The molecule has 0 radical (unpaired) electrons. The van der Waals surface area contributed by atoms with Crippen LogP contribution in [0.4, 0.5) is 0 Å². The third-order valence-electron chi connectivity index (χ3n) is 7.13. The lowest BCUT2D eigenvalue weighted by atomic mass is 9.55. The van der Waals surface area contributed by atoms with Gasteiger partial charge in [0.15, 0.2) is 0 Å². The summed E-state index contributed by atoms with van der Waals surface area (Å²) in [5.41, 5.74) is 4.70. The van der Waals surface area contributed by atoms with Crippen molar-refractivity contribution >= 4 is 5.78 Å². The average molecular weight is 296 g/mol. The minimum absolute atomic E-state index is 0.0105. The topological polar surface area (TPSA) is 17.1 Å². The lowest BCUT2D eigenvalue weighted by Crippen LogP contribution is -2.42. The highest BCUT2D eigenvalue weighted by molar-refractivity contribution is 5.87. The molecule has 2 saturated carbocycles. The molecule has 1 aromatic carbocycles. The van der Waals surface area contributed by atoms with E-state index in [0.717, 1.165) is 25.2 Å².